The molecule has 0 aromatic carbocycles. The van der Waals surface area contributed by atoms with Gasteiger partial charge in [-0.1, -0.05) is 6.58 Å². The highest BCUT2D eigenvalue weighted by atomic mass is 19.4. The van der Waals surface area contributed by atoms with E-state index in [1.165, 1.54) is 6.20 Å². The molecule has 3 aromatic heterocycles. The van der Waals surface area contributed by atoms with Crippen LogP contribution in [0.5, 0.6) is 5.88 Å². The van der Waals surface area contributed by atoms with Gasteiger partial charge in [-0.15, -0.1) is 0 Å². The average molecular weight is 473 g/mol. The Bertz CT molecular complexity index is 1260. The molecule has 3 aromatic rings. The second kappa shape index (κ2) is 9.17. The number of halogens is 3. The summed E-state index contributed by atoms with van der Waals surface area (Å²) >= 11 is 0. The fraction of sp³-hybridized carbons (Fsp3) is 0.409. The zero-order chi connectivity index (χ0) is 24.5. The molecule has 1 aliphatic carbocycles. The smallest absolute Gasteiger partial charge is 0.389 e. The molecule has 1 fully saturated rings. The standard InChI is InChI=1S/C22H22F3N7O2/c1-3-17(33)12-4-13(6-22(23,24)25)14(5-12)11-34-20-18-15(7-26)8-27-19(18)30-21(31-20)29-16-9-28-32(2)10-16/h3,8-10,12-14H,1,4-6,11H2,2H3,(H2,27,29,30,31)/t12?,13-,14-/m0/s1. The normalized spacial score (nSPS) is 20.3. The number of rotatable bonds is 8. The van der Waals surface area contributed by atoms with Crippen molar-refractivity contribution in [1.29, 1.82) is 5.26 Å². The Morgan fingerprint density at radius 1 is 1.41 bits per heavy atom. The molecule has 34 heavy (non-hydrogen) atoms. The zero-order valence-corrected chi connectivity index (χ0v) is 18.3. The molecule has 4 rings (SSSR count). The van der Waals surface area contributed by atoms with Gasteiger partial charge >= 0.3 is 6.18 Å². The number of alkyl halides is 3. The van der Waals surface area contributed by atoms with Crippen LogP contribution in [-0.2, 0) is 11.8 Å². The summed E-state index contributed by atoms with van der Waals surface area (Å²) in [5, 5.41) is 16.8. The van der Waals surface area contributed by atoms with E-state index in [4.69, 9.17) is 4.74 Å². The predicted molar refractivity (Wildman–Crippen MR) is 116 cm³/mol. The molecular formula is C22H22F3N7O2. The SMILES string of the molecule is C=CC(=O)C1C[C@@H](COc2nc(Nc3cnn(C)c3)nc3[nH]cc(C#N)c23)[C@H](CC(F)(F)F)C1. The molecule has 0 aliphatic heterocycles. The van der Waals surface area contributed by atoms with E-state index in [1.807, 2.05) is 6.07 Å². The second-order valence-electron chi connectivity index (χ2n) is 8.34. The van der Waals surface area contributed by atoms with Crippen LogP contribution in [0, 0.1) is 29.1 Å². The number of ketones is 1. The van der Waals surface area contributed by atoms with Crippen LogP contribution in [0.25, 0.3) is 11.0 Å². The Kier molecular flexibility index (Phi) is 6.28. The molecular weight excluding hydrogens is 451 g/mol. The van der Waals surface area contributed by atoms with Crippen molar-refractivity contribution >= 4 is 28.5 Å². The lowest BCUT2D eigenvalue weighted by atomic mass is 9.93. The number of aryl methyl sites for hydroxylation is 1. The fourth-order valence-electron chi connectivity index (χ4n) is 4.41. The highest BCUT2D eigenvalue weighted by molar-refractivity contribution is 5.91. The van der Waals surface area contributed by atoms with E-state index in [1.54, 1.807) is 24.1 Å². The minimum Gasteiger partial charge on any atom is -0.477 e. The molecule has 1 aliphatic rings. The van der Waals surface area contributed by atoms with Crippen LogP contribution in [0.1, 0.15) is 24.8 Å². The number of fused-ring (bicyclic) bond motifs is 1. The quantitative estimate of drug-likeness (QED) is 0.474. The van der Waals surface area contributed by atoms with E-state index < -0.39 is 30.4 Å². The summed E-state index contributed by atoms with van der Waals surface area (Å²) in [6.07, 6.45) is 0.927. The van der Waals surface area contributed by atoms with Crippen molar-refractivity contribution in [2.24, 2.45) is 24.8 Å². The first-order chi connectivity index (χ1) is 16.2. The molecule has 0 bridgehead atoms. The lowest BCUT2D eigenvalue weighted by Crippen LogP contribution is -2.23. The van der Waals surface area contributed by atoms with Gasteiger partial charge in [0.2, 0.25) is 11.8 Å². The van der Waals surface area contributed by atoms with Gasteiger partial charge in [-0.05, 0) is 30.8 Å². The van der Waals surface area contributed by atoms with Crippen LogP contribution in [-0.4, -0.2) is 43.3 Å². The molecule has 0 saturated heterocycles. The first-order valence-electron chi connectivity index (χ1n) is 10.6. The number of nitriles is 1. The topological polar surface area (TPSA) is 122 Å². The Morgan fingerprint density at radius 2 is 2.18 bits per heavy atom. The predicted octanol–water partition coefficient (Wildman–Crippen LogP) is 4.04. The van der Waals surface area contributed by atoms with E-state index in [2.05, 4.69) is 31.9 Å². The second-order valence-corrected chi connectivity index (χ2v) is 8.34. The number of anilines is 2. The number of H-pyrrole nitrogens is 1. The van der Waals surface area contributed by atoms with Crippen LogP contribution in [0.2, 0.25) is 0 Å². The molecule has 9 nitrogen and oxygen atoms in total. The van der Waals surface area contributed by atoms with Gasteiger partial charge in [0.1, 0.15) is 11.7 Å². The zero-order valence-electron chi connectivity index (χ0n) is 18.3. The average Bonchev–Trinajstić information content (AvgIpc) is 3.49. The molecule has 3 heterocycles. The molecule has 2 N–H and O–H groups in total. The Hall–Kier alpha value is -3.88. The number of aromatic nitrogens is 5. The van der Waals surface area contributed by atoms with Crippen LogP contribution < -0.4 is 10.1 Å². The summed E-state index contributed by atoms with van der Waals surface area (Å²) in [5.74, 6) is -1.83. The van der Waals surface area contributed by atoms with Gasteiger partial charge in [0.05, 0.1) is 29.4 Å². The third-order valence-electron chi connectivity index (χ3n) is 5.95. The third-order valence-corrected chi connectivity index (χ3v) is 5.95. The molecule has 12 heteroatoms. The molecule has 178 valence electrons. The minimum atomic E-state index is -4.35. The lowest BCUT2D eigenvalue weighted by molar-refractivity contribution is -0.148. The van der Waals surface area contributed by atoms with Crippen LogP contribution in [0.3, 0.4) is 0 Å². The summed E-state index contributed by atoms with van der Waals surface area (Å²) < 4.78 is 47.0. The van der Waals surface area contributed by atoms with Crippen molar-refractivity contribution in [1.82, 2.24) is 24.7 Å². The molecule has 0 spiro atoms. The largest absolute Gasteiger partial charge is 0.477 e. The summed E-state index contributed by atoms with van der Waals surface area (Å²) in [5.41, 5.74) is 1.20. The van der Waals surface area contributed by atoms with Crippen molar-refractivity contribution in [2.45, 2.75) is 25.4 Å². The molecule has 1 unspecified atom stereocenters. The van der Waals surface area contributed by atoms with Gasteiger partial charge < -0.3 is 15.0 Å². The van der Waals surface area contributed by atoms with Crippen molar-refractivity contribution in [2.75, 3.05) is 11.9 Å². The molecule has 0 radical (unpaired) electrons. The first-order valence-corrected chi connectivity index (χ1v) is 10.6. The number of hydrogen-bond acceptors (Lipinski definition) is 7. The van der Waals surface area contributed by atoms with Crippen LogP contribution in [0.15, 0.2) is 31.2 Å². The van der Waals surface area contributed by atoms with Gasteiger partial charge in [0, 0.05) is 31.8 Å². The highest BCUT2D eigenvalue weighted by Gasteiger charge is 2.43. The van der Waals surface area contributed by atoms with E-state index in [9.17, 15) is 23.2 Å². The highest BCUT2D eigenvalue weighted by Crippen LogP contribution is 2.43. The van der Waals surface area contributed by atoms with E-state index >= 15 is 0 Å². The maximum atomic E-state index is 13.2. The Morgan fingerprint density at radius 3 is 2.82 bits per heavy atom. The van der Waals surface area contributed by atoms with Crippen molar-refractivity contribution in [3.8, 4) is 11.9 Å². The van der Waals surface area contributed by atoms with E-state index in [0.29, 0.717) is 16.7 Å². The van der Waals surface area contributed by atoms with Crippen LogP contribution >= 0.6 is 0 Å². The van der Waals surface area contributed by atoms with Crippen molar-refractivity contribution in [3.63, 3.8) is 0 Å². The van der Waals surface area contributed by atoms with Gasteiger partial charge in [0.15, 0.2) is 5.78 Å². The Labute approximate surface area is 192 Å². The molecule has 3 atom stereocenters. The number of carbonyl (C=O) groups is 1. The number of aromatic amines is 1. The summed E-state index contributed by atoms with van der Waals surface area (Å²) in [7, 11) is 1.75. The number of nitrogens with one attached hydrogen (secondary N) is 2. The third kappa shape index (κ3) is 5.03. The van der Waals surface area contributed by atoms with E-state index in [0.717, 1.165) is 6.08 Å². The number of carbonyl (C=O) groups excluding carboxylic acids is 1. The van der Waals surface area contributed by atoms with Gasteiger partial charge in [0.25, 0.3) is 0 Å². The molecule has 0 amide bonds. The van der Waals surface area contributed by atoms with Crippen molar-refractivity contribution < 1.29 is 22.7 Å². The van der Waals surface area contributed by atoms with Gasteiger partial charge in [-0.25, -0.2) is 0 Å². The number of nitrogens with zero attached hydrogens (tertiary/aromatic N) is 5. The van der Waals surface area contributed by atoms with Crippen molar-refractivity contribution in [3.05, 3.63) is 36.8 Å². The summed E-state index contributed by atoms with van der Waals surface area (Å²) in [6.45, 7) is 3.36. The summed E-state index contributed by atoms with van der Waals surface area (Å²) in [4.78, 5) is 23.7. The number of ether oxygens (including phenoxy) is 1. The Balaban J connectivity index is 1.60. The van der Waals surface area contributed by atoms with Crippen LogP contribution in [0.4, 0.5) is 24.8 Å². The van der Waals surface area contributed by atoms with Gasteiger partial charge in [-0.2, -0.15) is 33.5 Å². The summed E-state index contributed by atoms with van der Waals surface area (Å²) in [6, 6.07) is 2.03. The van der Waals surface area contributed by atoms with Gasteiger partial charge in [-0.3, -0.25) is 9.48 Å². The number of allylic oxidation sites excluding steroid dienone is 1. The lowest BCUT2D eigenvalue weighted by Gasteiger charge is -2.21. The maximum absolute atomic E-state index is 13.2. The first kappa shape index (κ1) is 23.3. The molecule has 1 saturated carbocycles. The monoisotopic (exact) mass is 473 g/mol. The maximum Gasteiger partial charge on any atom is 0.389 e. The van der Waals surface area contributed by atoms with E-state index in [-0.39, 0.29) is 42.6 Å². The minimum absolute atomic E-state index is 0.0680. The number of hydrogen-bond donors (Lipinski definition) is 2. The fourth-order valence-corrected chi connectivity index (χ4v) is 4.41.